The van der Waals surface area contributed by atoms with Crippen molar-refractivity contribution in [1.82, 2.24) is 19.6 Å². The number of aromatic nitrogens is 4. The lowest BCUT2D eigenvalue weighted by Gasteiger charge is -2.13. The van der Waals surface area contributed by atoms with E-state index in [2.05, 4.69) is 20.4 Å². The third-order valence-electron chi connectivity index (χ3n) is 4.03. The van der Waals surface area contributed by atoms with Crippen molar-refractivity contribution in [2.75, 3.05) is 24.3 Å². The number of halogens is 1. The van der Waals surface area contributed by atoms with Gasteiger partial charge in [0.1, 0.15) is 18.0 Å². The van der Waals surface area contributed by atoms with Gasteiger partial charge in [0.15, 0.2) is 0 Å². The molecule has 6 nitrogen and oxygen atoms in total. The molecule has 1 N–H and O–H groups in total. The summed E-state index contributed by atoms with van der Waals surface area (Å²) in [5, 5.41) is 7.46. The molecular formula is C19H17FN6. The molecule has 7 heteroatoms. The summed E-state index contributed by atoms with van der Waals surface area (Å²) in [7, 11) is 3.99. The van der Waals surface area contributed by atoms with Crippen LogP contribution in [0.3, 0.4) is 0 Å². The SMILES string of the molecule is CN(C)c1ccc(Nc2cc(-c3cccc(F)c3)n3ncnc3n2)cc1. The van der Waals surface area contributed by atoms with E-state index in [1.807, 2.05) is 55.4 Å². The Hall–Kier alpha value is -3.48. The molecule has 130 valence electrons. The molecule has 26 heavy (non-hydrogen) atoms. The maximum absolute atomic E-state index is 13.6. The van der Waals surface area contributed by atoms with E-state index in [-0.39, 0.29) is 5.82 Å². The second-order valence-corrected chi connectivity index (χ2v) is 6.08. The van der Waals surface area contributed by atoms with Crippen LogP contribution in [0.1, 0.15) is 0 Å². The molecule has 0 bridgehead atoms. The number of hydrogen-bond acceptors (Lipinski definition) is 5. The highest BCUT2D eigenvalue weighted by Crippen LogP contribution is 2.25. The van der Waals surface area contributed by atoms with E-state index in [4.69, 9.17) is 0 Å². The number of rotatable bonds is 4. The van der Waals surface area contributed by atoms with Gasteiger partial charge in [0.25, 0.3) is 5.78 Å². The van der Waals surface area contributed by atoms with Crippen molar-refractivity contribution in [3.05, 3.63) is 66.7 Å². The summed E-state index contributed by atoms with van der Waals surface area (Å²) in [4.78, 5) is 10.7. The van der Waals surface area contributed by atoms with Gasteiger partial charge in [0, 0.05) is 37.1 Å². The molecule has 2 heterocycles. The molecule has 0 saturated carbocycles. The lowest BCUT2D eigenvalue weighted by molar-refractivity contribution is 0.628. The fourth-order valence-electron chi connectivity index (χ4n) is 2.72. The van der Waals surface area contributed by atoms with Gasteiger partial charge in [-0.2, -0.15) is 19.6 Å². The quantitative estimate of drug-likeness (QED) is 0.609. The monoisotopic (exact) mass is 348 g/mol. The minimum absolute atomic E-state index is 0.304. The summed E-state index contributed by atoms with van der Waals surface area (Å²) in [5.74, 6) is 0.753. The largest absolute Gasteiger partial charge is 0.378 e. The molecule has 4 rings (SSSR count). The predicted molar refractivity (Wildman–Crippen MR) is 100 cm³/mol. The molecular weight excluding hydrogens is 331 g/mol. The van der Waals surface area contributed by atoms with Crippen LogP contribution in [0, 0.1) is 5.82 Å². The average Bonchev–Trinajstić information content (AvgIpc) is 3.10. The zero-order valence-electron chi connectivity index (χ0n) is 14.4. The number of hydrogen-bond donors (Lipinski definition) is 1. The molecule has 0 spiro atoms. The van der Waals surface area contributed by atoms with Crippen LogP contribution < -0.4 is 10.2 Å². The Balaban J connectivity index is 1.74. The summed E-state index contributed by atoms with van der Waals surface area (Å²) in [6, 6.07) is 16.2. The average molecular weight is 348 g/mol. The van der Waals surface area contributed by atoms with E-state index >= 15 is 0 Å². The van der Waals surface area contributed by atoms with E-state index in [0.717, 1.165) is 11.4 Å². The highest BCUT2D eigenvalue weighted by Gasteiger charge is 2.11. The number of nitrogens with zero attached hydrogens (tertiary/aromatic N) is 5. The number of nitrogens with one attached hydrogen (secondary N) is 1. The second-order valence-electron chi connectivity index (χ2n) is 6.08. The molecule has 4 aromatic rings. The van der Waals surface area contributed by atoms with Crippen LogP contribution in [0.2, 0.25) is 0 Å². The van der Waals surface area contributed by atoms with E-state index in [9.17, 15) is 4.39 Å². The Morgan fingerprint density at radius 1 is 1.04 bits per heavy atom. The first-order chi connectivity index (χ1) is 12.6. The molecule has 0 fully saturated rings. The normalized spacial score (nSPS) is 10.9. The first kappa shape index (κ1) is 16.0. The number of fused-ring (bicyclic) bond motifs is 1. The van der Waals surface area contributed by atoms with Crippen molar-refractivity contribution >= 4 is 23.0 Å². The van der Waals surface area contributed by atoms with Crippen molar-refractivity contribution in [2.24, 2.45) is 0 Å². The zero-order chi connectivity index (χ0) is 18.1. The predicted octanol–water partition coefficient (Wildman–Crippen LogP) is 3.74. The van der Waals surface area contributed by atoms with E-state index in [1.165, 1.54) is 18.5 Å². The molecule has 2 aromatic carbocycles. The Kier molecular flexibility index (Phi) is 3.96. The summed E-state index contributed by atoms with van der Waals surface area (Å²) in [6.07, 6.45) is 1.43. The highest BCUT2D eigenvalue weighted by atomic mass is 19.1. The Morgan fingerprint density at radius 3 is 2.58 bits per heavy atom. The Bertz CT molecular complexity index is 1060. The van der Waals surface area contributed by atoms with E-state index in [0.29, 0.717) is 22.9 Å². The Morgan fingerprint density at radius 2 is 1.85 bits per heavy atom. The maximum atomic E-state index is 13.6. The van der Waals surface area contributed by atoms with Gasteiger partial charge in [-0.15, -0.1) is 0 Å². The molecule has 2 aromatic heterocycles. The third kappa shape index (κ3) is 3.06. The van der Waals surface area contributed by atoms with Gasteiger partial charge in [0.2, 0.25) is 0 Å². The molecule has 0 unspecified atom stereocenters. The van der Waals surface area contributed by atoms with Gasteiger partial charge in [-0.1, -0.05) is 12.1 Å². The van der Waals surface area contributed by atoms with Crippen LogP contribution in [0.25, 0.3) is 17.0 Å². The molecule has 0 amide bonds. The van der Waals surface area contributed by atoms with Crippen molar-refractivity contribution in [3.8, 4) is 11.3 Å². The van der Waals surface area contributed by atoms with Gasteiger partial charge in [0.05, 0.1) is 5.69 Å². The lowest BCUT2D eigenvalue weighted by Crippen LogP contribution is -2.08. The zero-order valence-corrected chi connectivity index (χ0v) is 14.4. The molecule has 0 atom stereocenters. The van der Waals surface area contributed by atoms with Crippen molar-refractivity contribution in [2.45, 2.75) is 0 Å². The van der Waals surface area contributed by atoms with Gasteiger partial charge >= 0.3 is 0 Å². The second kappa shape index (κ2) is 6.44. The van der Waals surface area contributed by atoms with Crippen LogP contribution in [0.15, 0.2) is 60.9 Å². The number of anilines is 3. The van der Waals surface area contributed by atoms with Gasteiger partial charge in [-0.3, -0.25) is 0 Å². The third-order valence-corrected chi connectivity index (χ3v) is 4.03. The van der Waals surface area contributed by atoms with Crippen molar-refractivity contribution < 1.29 is 4.39 Å². The molecule has 0 aliphatic heterocycles. The Labute approximate surface area is 149 Å². The molecule has 0 aliphatic rings. The van der Waals surface area contributed by atoms with Crippen LogP contribution in [-0.4, -0.2) is 33.7 Å². The summed E-state index contributed by atoms with van der Waals surface area (Å²) < 4.78 is 15.2. The first-order valence-electron chi connectivity index (χ1n) is 8.11. The summed E-state index contributed by atoms with van der Waals surface area (Å²) >= 11 is 0. The van der Waals surface area contributed by atoms with Crippen LogP contribution >= 0.6 is 0 Å². The minimum Gasteiger partial charge on any atom is -0.378 e. The smallest absolute Gasteiger partial charge is 0.254 e. The van der Waals surface area contributed by atoms with Gasteiger partial charge < -0.3 is 10.2 Å². The summed E-state index contributed by atoms with van der Waals surface area (Å²) in [5.41, 5.74) is 3.42. The summed E-state index contributed by atoms with van der Waals surface area (Å²) in [6.45, 7) is 0. The maximum Gasteiger partial charge on any atom is 0.254 e. The van der Waals surface area contributed by atoms with Crippen molar-refractivity contribution in [1.29, 1.82) is 0 Å². The van der Waals surface area contributed by atoms with Gasteiger partial charge in [-0.25, -0.2) is 4.39 Å². The minimum atomic E-state index is -0.304. The van der Waals surface area contributed by atoms with E-state index in [1.54, 1.807) is 10.6 Å². The van der Waals surface area contributed by atoms with Gasteiger partial charge in [-0.05, 0) is 36.4 Å². The lowest BCUT2D eigenvalue weighted by atomic mass is 10.1. The highest BCUT2D eigenvalue weighted by molar-refractivity contribution is 5.69. The van der Waals surface area contributed by atoms with Crippen LogP contribution in [0.4, 0.5) is 21.6 Å². The fraction of sp³-hybridized carbons (Fsp3) is 0.105. The van der Waals surface area contributed by atoms with Crippen molar-refractivity contribution in [3.63, 3.8) is 0 Å². The molecule has 0 aliphatic carbocycles. The van der Waals surface area contributed by atoms with E-state index < -0.39 is 0 Å². The van der Waals surface area contributed by atoms with Crippen LogP contribution in [-0.2, 0) is 0 Å². The molecule has 0 saturated heterocycles. The standard InChI is InChI=1S/C19H17FN6/c1-25(2)16-8-6-15(7-9-16)23-18-11-17(13-4-3-5-14(20)10-13)26-19(24-18)21-12-22-26/h3-12H,1-2H3,(H,21,22,23,24). The fourth-order valence-corrected chi connectivity index (χ4v) is 2.72. The first-order valence-corrected chi connectivity index (χ1v) is 8.11. The topological polar surface area (TPSA) is 58.4 Å². The van der Waals surface area contributed by atoms with Crippen LogP contribution in [0.5, 0.6) is 0 Å². The number of benzene rings is 2. The molecule has 0 radical (unpaired) electrons.